The maximum absolute atomic E-state index is 5.71. The maximum Gasteiger partial charge on any atom is 0.142 e. The molecule has 0 bridgehead atoms. The predicted octanol–water partition coefficient (Wildman–Crippen LogP) is 4.59. The number of hydrogen-bond donors (Lipinski definition) is 1. The lowest BCUT2D eigenvalue weighted by molar-refractivity contribution is 0.102. The molecule has 1 aromatic rings. The summed E-state index contributed by atoms with van der Waals surface area (Å²) in [6.07, 6.45) is 7.15. The number of ether oxygens (including phenoxy) is 2. The Labute approximate surface area is 146 Å². The molecular weight excluding hydrogens is 354 g/mol. The molecule has 1 aliphatic carbocycles. The van der Waals surface area contributed by atoms with Crippen molar-refractivity contribution >= 4 is 15.9 Å². The van der Waals surface area contributed by atoms with E-state index in [1.54, 1.807) is 14.2 Å². The molecule has 4 heteroatoms. The molecule has 2 atom stereocenters. The fourth-order valence-corrected chi connectivity index (χ4v) is 3.88. The molecule has 0 aromatic heterocycles. The Morgan fingerprint density at radius 3 is 2.61 bits per heavy atom. The standard InChI is InChI=1S/C19H22BrNO2/c1-22-17-12-11-14(20)18(19(17)23-2)16-10-6-9-15(21-16)13-7-4-3-5-8-13/h3-5,7-8,11-12,15,19,21H,6,9-10H2,1-2H3/b18-16+. The number of rotatable bonds is 3. The smallest absolute Gasteiger partial charge is 0.142 e. The normalized spacial score (nSPS) is 27.8. The Morgan fingerprint density at radius 2 is 1.91 bits per heavy atom. The zero-order valence-electron chi connectivity index (χ0n) is 13.5. The molecule has 23 heavy (non-hydrogen) atoms. The largest absolute Gasteiger partial charge is 0.498 e. The first kappa shape index (κ1) is 16.3. The maximum atomic E-state index is 5.71. The fourth-order valence-electron chi connectivity index (χ4n) is 3.30. The summed E-state index contributed by atoms with van der Waals surface area (Å²) in [6.45, 7) is 0. The zero-order chi connectivity index (χ0) is 16.2. The molecule has 1 aliphatic heterocycles. The summed E-state index contributed by atoms with van der Waals surface area (Å²) in [5.41, 5.74) is 3.72. The van der Waals surface area contributed by atoms with Crippen LogP contribution >= 0.6 is 15.9 Å². The molecule has 0 radical (unpaired) electrons. The van der Waals surface area contributed by atoms with Gasteiger partial charge in [-0.25, -0.2) is 0 Å². The van der Waals surface area contributed by atoms with Crippen LogP contribution in [-0.2, 0) is 9.47 Å². The van der Waals surface area contributed by atoms with Crippen molar-refractivity contribution in [3.05, 3.63) is 69.6 Å². The van der Waals surface area contributed by atoms with Crippen LogP contribution in [0.25, 0.3) is 0 Å². The Bertz CT molecular complexity index is 649. The highest BCUT2D eigenvalue weighted by Gasteiger charge is 2.30. The Morgan fingerprint density at radius 1 is 1.13 bits per heavy atom. The molecule has 3 nitrogen and oxygen atoms in total. The van der Waals surface area contributed by atoms with Gasteiger partial charge in [0.2, 0.25) is 0 Å². The molecule has 0 spiro atoms. The number of halogens is 1. The minimum atomic E-state index is -0.170. The van der Waals surface area contributed by atoms with Gasteiger partial charge in [0.15, 0.2) is 0 Å². The van der Waals surface area contributed by atoms with Crippen LogP contribution in [0.5, 0.6) is 0 Å². The van der Waals surface area contributed by atoms with Crippen LogP contribution in [0, 0.1) is 0 Å². The highest BCUT2D eigenvalue weighted by atomic mass is 79.9. The van der Waals surface area contributed by atoms with Gasteiger partial charge in [0.25, 0.3) is 0 Å². The van der Waals surface area contributed by atoms with Crippen LogP contribution in [0.3, 0.4) is 0 Å². The molecule has 0 amide bonds. The van der Waals surface area contributed by atoms with Gasteiger partial charge in [0.1, 0.15) is 11.9 Å². The number of piperidine rings is 1. The quantitative estimate of drug-likeness (QED) is 0.837. The first-order valence-electron chi connectivity index (χ1n) is 7.93. The molecule has 1 saturated heterocycles. The Kier molecular flexibility index (Phi) is 5.23. The third kappa shape index (κ3) is 3.38. The second kappa shape index (κ2) is 7.37. The van der Waals surface area contributed by atoms with Gasteiger partial charge in [-0.2, -0.15) is 0 Å². The number of hydrogen-bond acceptors (Lipinski definition) is 3. The average Bonchev–Trinajstić information content (AvgIpc) is 2.62. The van der Waals surface area contributed by atoms with Crippen molar-refractivity contribution in [3.63, 3.8) is 0 Å². The molecule has 1 heterocycles. The van der Waals surface area contributed by atoms with E-state index in [1.165, 1.54) is 11.3 Å². The topological polar surface area (TPSA) is 30.5 Å². The van der Waals surface area contributed by atoms with Crippen LogP contribution in [-0.4, -0.2) is 20.3 Å². The van der Waals surface area contributed by atoms with Crippen LogP contribution < -0.4 is 5.32 Å². The van der Waals surface area contributed by atoms with Gasteiger partial charge in [-0.1, -0.05) is 46.3 Å². The summed E-state index contributed by atoms with van der Waals surface area (Å²) in [6, 6.07) is 11.0. The van der Waals surface area contributed by atoms with Crippen molar-refractivity contribution < 1.29 is 9.47 Å². The average molecular weight is 376 g/mol. The molecular formula is C19H22BrNO2. The van der Waals surface area contributed by atoms with E-state index in [4.69, 9.17) is 9.47 Å². The van der Waals surface area contributed by atoms with Gasteiger partial charge in [0, 0.05) is 22.9 Å². The third-order valence-electron chi connectivity index (χ3n) is 4.44. The summed E-state index contributed by atoms with van der Waals surface area (Å²) < 4.78 is 12.3. The number of nitrogens with one attached hydrogen (secondary N) is 1. The fraction of sp³-hybridized carbons (Fsp3) is 0.368. The van der Waals surface area contributed by atoms with E-state index in [9.17, 15) is 0 Å². The monoisotopic (exact) mass is 375 g/mol. The van der Waals surface area contributed by atoms with Gasteiger partial charge in [-0.05, 0) is 37.0 Å². The lowest BCUT2D eigenvalue weighted by Gasteiger charge is -2.33. The van der Waals surface area contributed by atoms with Gasteiger partial charge in [-0.3, -0.25) is 0 Å². The van der Waals surface area contributed by atoms with Gasteiger partial charge >= 0.3 is 0 Å². The molecule has 3 rings (SSSR count). The van der Waals surface area contributed by atoms with Crippen molar-refractivity contribution in [2.75, 3.05) is 14.2 Å². The first-order chi connectivity index (χ1) is 11.2. The van der Waals surface area contributed by atoms with E-state index in [-0.39, 0.29) is 6.10 Å². The third-order valence-corrected chi connectivity index (χ3v) is 5.13. The van der Waals surface area contributed by atoms with E-state index in [0.29, 0.717) is 6.04 Å². The van der Waals surface area contributed by atoms with Crippen molar-refractivity contribution in [1.29, 1.82) is 0 Å². The van der Waals surface area contributed by atoms with Crippen LogP contribution in [0.2, 0.25) is 0 Å². The summed E-state index contributed by atoms with van der Waals surface area (Å²) in [5, 5.41) is 3.72. The number of benzene rings is 1. The first-order valence-corrected chi connectivity index (χ1v) is 8.73. The van der Waals surface area contributed by atoms with E-state index in [1.807, 2.05) is 12.2 Å². The van der Waals surface area contributed by atoms with Gasteiger partial charge in [-0.15, -0.1) is 0 Å². The molecule has 0 saturated carbocycles. The molecule has 1 fully saturated rings. The lowest BCUT2D eigenvalue weighted by Crippen LogP contribution is -2.31. The molecule has 122 valence electrons. The second-order valence-electron chi connectivity index (χ2n) is 5.80. The minimum absolute atomic E-state index is 0.170. The summed E-state index contributed by atoms with van der Waals surface area (Å²) in [4.78, 5) is 0. The Balaban J connectivity index is 1.93. The van der Waals surface area contributed by atoms with E-state index < -0.39 is 0 Å². The summed E-state index contributed by atoms with van der Waals surface area (Å²) in [5.74, 6) is 0.835. The van der Waals surface area contributed by atoms with Crippen molar-refractivity contribution in [2.24, 2.45) is 0 Å². The minimum Gasteiger partial charge on any atom is -0.498 e. The van der Waals surface area contributed by atoms with E-state index in [0.717, 1.165) is 35.1 Å². The van der Waals surface area contributed by atoms with Crippen LogP contribution in [0.1, 0.15) is 30.9 Å². The SMILES string of the molecule is COC1=CC=C(Br)/C(=C2/CCCC(c3ccccc3)N2)C1OC. The lowest BCUT2D eigenvalue weighted by atomic mass is 9.91. The van der Waals surface area contributed by atoms with E-state index >= 15 is 0 Å². The zero-order valence-corrected chi connectivity index (χ0v) is 15.1. The number of methoxy groups -OCH3 is 2. The molecule has 2 unspecified atom stereocenters. The highest BCUT2D eigenvalue weighted by molar-refractivity contribution is 9.12. The molecule has 1 N–H and O–H groups in total. The number of allylic oxidation sites excluding steroid dienone is 3. The predicted molar refractivity (Wildman–Crippen MR) is 96.1 cm³/mol. The van der Waals surface area contributed by atoms with Crippen molar-refractivity contribution in [2.45, 2.75) is 31.4 Å². The second-order valence-corrected chi connectivity index (χ2v) is 6.65. The van der Waals surface area contributed by atoms with Gasteiger partial charge in [0.05, 0.1) is 13.2 Å². The summed E-state index contributed by atoms with van der Waals surface area (Å²) in [7, 11) is 3.41. The molecule has 2 aliphatic rings. The van der Waals surface area contributed by atoms with E-state index in [2.05, 4.69) is 51.6 Å². The van der Waals surface area contributed by atoms with Crippen molar-refractivity contribution in [1.82, 2.24) is 5.32 Å². The van der Waals surface area contributed by atoms with Crippen molar-refractivity contribution in [3.8, 4) is 0 Å². The van der Waals surface area contributed by atoms with Crippen LogP contribution in [0.4, 0.5) is 0 Å². The van der Waals surface area contributed by atoms with Gasteiger partial charge < -0.3 is 14.8 Å². The molecule has 1 aromatic carbocycles. The Hall–Kier alpha value is -1.52. The van der Waals surface area contributed by atoms with Crippen LogP contribution in [0.15, 0.2) is 64.0 Å². The summed E-state index contributed by atoms with van der Waals surface area (Å²) >= 11 is 3.69. The highest BCUT2D eigenvalue weighted by Crippen LogP contribution is 2.37.